The molecule has 0 bridgehead atoms. The second-order valence-corrected chi connectivity index (χ2v) is 9.56. The second-order valence-electron chi connectivity index (χ2n) is 9.56. The van der Waals surface area contributed by atoms with Crippen molar-refractivity contribution in [3.05, 3.63) is 59.2 Å². The molecule has 37 heavy (non-hydrogen) atoms. The summed E-state index contributed by atoms with van der Waals surface area (Å²) in [5.41, 5.74) is 6.59. The largest absolute Gasteiger partial charge is 0.369 e. The van der Waals surface area contributed by atoms with E-state index in [1.807, 2.05) is 32.6 Å². The molecule has 0 radical (unpaired) electrons. The van der Waals surface area contributed by atoms with Crippen molar-refractivity contribution in [1.82, 2.24) is 4.90 Å². The van der Waals surface area contributed by atoms with Gasteiger partial charge in [0.2, 0.25) is 5.91 Å². The van der Waals surface area contributed by atoms with Crippen LogP contribution in [0.1, 0.15) is 89.8 Å². The highest BCUT2D eigenvalue weighted by atomic mass is 35.5. The molecule has 2 fully saturated rings. The van der Waals surface area contributed by atoms with Crippen LogP contribution < -0.4 is 9.80 Å². The molecule has 2 aromatic rings. The molecule has 0 atom stereocenters. The number of anilines is 2. The average molecular weight is 530 g/mol. The van der Waals surface area contributed by atoms with Gasteiger partial charge in [-0.15, -0.1) is 12.4 Å². The van der Waals surface area contributed by atoms with Crippen LogP contribution in [-0.2, 0) is 11.2 Å². The average Bonchev–Trinajstić information content (AvgIpc) is 3.77. The third-order valence-corrected chi connectivity index (χ3v) is 7.07. The minimum atomic E-state index is 0. The lowest BCUT2D eigenvalue weighted by Crippen LogP contribution is -2.46. The summed E-state index contributed by atoms with van der Waals surface area (Å²) in [6.45, 7) is 20.4. The molecule has 1 heterocycles. The van der Waals surface area contributed by atoms with Crippen LogP contribution in [0.15, 0.2) is 42.5 Å². The predicted molar refractivity (Wildman–Crippen MR) is 165 cm³/mol. The molecule has 0 aromatic heterocycles. The van der Waals surface area contributed by atoms with Crippen LogP contribution in [0.4, 0.5) is 11.4 Å². The summed E-state index contributed by atoms with van der Waals surface area (Å²) in [4.78, 5) is 19.6. The normalized spacial score (nSPS) is 14.9. The van der Waals surface area contributed by atoms with Gasteiger partial charge >= 0.3 is 0 Å². The van der Waals surface area contributed by atoms with Crippen molar-refractivity contribution in [3.8, 4) is 0 Å². The fourth-order valence-corrected chi connectivity index (χ4v) is 4.83. The summed E-state index contributed by atoms with van der Waals surface area (Å²) in [7, 11) is 0. The van der Waals surface area contributed by atoms with Gasteiger partial charge in [0.05, 0.1) is 0 Å². The molecule has 0 unspecified atom stereocenters. The highest BCUT2D eigenvalue weighted by Gasteiger charge is 2.29. The zero-order valence-electron chi connectivity index (χ0n) is 24.6. The van der Waals surface area contributed by atoms with E-state index < -0.39 is 0 Å². The molecule has 1 aliphatic carbocycles. The molecule has 1 aliphatic heterocycles. The maximum Gasteiger partial charge on any atom is 0.223 e. The van der Waals surface area contributed by atoms with Gasteiger partial charge in [-0.1, -0.05) is 64.4 Å². The molecular formula is C32H52ClN3O. The van der Waals surface area contributed by atoms with Crippen molar-refractivity contribution in [2.24, 2.45) is 0 Å². The van der Waals surface area contributed by atoms with Crippen LogP contribution in [0, 0.1) is 6.92 Å². The molecule has 1 amide bonds. The van der Waals surface area contributed by atoms with Gasteiger partial charge in [0, 0.05) is 51.0 Å². The van der Waals surface area contributed by atoms with E-state index in [0.29, 0.717) is 5.92 Å². The molecular weight excluding hydrogens is 478 g/mol. The molecule has 4 rings (SSSR count). The Morgan fingerprint density at radius 2 is 1.54 bits per heavy atom. The standard InChI is InChI=1S/C28H39N3O.2C2H6.ClH/c1-4-24-9-14-28(27(21-24)25-10-11-25)31(23(3)32)16-6-5-15-29-17-19-30(20-18-29)26-12-7-22(2)8-13-26;2*1-2;/h7-9,12-14,21,25H,4-6,10-11,15-20H2,1-3H3;2*1-2H3;1H. The first-order chi connectivity index (χ1) is 17.5. The third kappa shape index (κ3) is 9.98. The molecule has 0 N–H and O–H groups in total. The van der Waals surface area contributed by atoms with E-state index in [4.69, 9.17) is 0 Å². The first-order valence-electron chi connectivity index (χ1n) is 14.5. The van der Waals surface area contributed by atoms with Crippen molar-refractivity contribution < 1.29 is 4.79 Å². The highest BCUT2D eigenvalue weighted by Crippen LogP contribution is 2.45. The monoisotopic (exact) mass is 529 g/mol. The minimum absolute atomic E-state index is 0. The fraction of sp³-hybridized carbons (Fsp3) is 0.594. The highest BCUT2D eigenvalue weighted by molar-refractivity contribution is 5.92. The molecule has 4 nitrogen and oxygen atoms in total. The molecule has 208 valence electrons. The Hall–Kier alpha value is -2.04. The SMILES string of the molecule is CC.CC.CCc1ccc(N(CCCCN2CCN(c3ccc(C)cc3)CC2)C(C)=O)c(C2CC2)c1.Cl. The summed E-state index contributed by atoms with van der Waals surface area (Å²) < 4.78 is 0. The number of benzene rings is 2. The van der Waals surface area contributed by atoms with Gasteiger partial charge in [0.1, 0.15) is 0 Å². The van der Waals surface area contributed by atoms with Gasteiger partial charge in [0.15, 0.2) is 0 Å². The zero-order chi connectivity index (χ0) is 26.5. The van der Waals surface area contributed by atoms with Gasteiger partial charge in [-0.2, -0.15) is 0 Å². The first-order valence-corrected chi connectivity index (χ1v) is 14.5. The van der Waals surface area contributed by atoms with Crippen molar-refractivity contribution in [2.75, 3.05) is 49.1 Å². The number of carbonyl (C=O) groups is 1. The number of halogens is 1. The van der Waals surface area contributed by atoms with E-state index in [0.717, 1.165) is 64.2 Å². The second kappa shape index (κ2) is 17.5. The van der Waals surface area contributed by atoms with Crippen molar-refractivity contribution in [1.29, 1.82) is 0 Å². The van der Waals surface area contributed by atoms with Crippen LogP contribution in [0.2, 0.25) is 0 Å². The Bertz CT molecular complexity index is 903. The van der Waals surface area contributed by atoms with Gasteiger partial charge in [-0.05, 0) is 80.8 Å². The summed E-state index contributed by atoms with van der Waals surface area (Å²) in [6, 6.07) is 15.6. The molecule has 1 saturated carbocycles. The van der Waals surface area contributed by atoms with Crippen LogP contribution in [0.5, 0.6) is 0 Å². The lowest BCUT2D eigenvalue weighted by Gasteiger charge is -2.36. The number of hydrogen-bond donors (Lipinski definition) is 0. The number of unbranched alkanes of at least 4 members (excludes halogenated alkanes) is 1. The number of piperazine rings is 1. The van der Waals surface area contributed by atoms with E-state index in [2.05, 4.69) is 66.1 Å². The van der Waals surface area contributed by atoms with E-state index >= 15 is 0 Å². The fourth-order valence-electron chi connectivity index (χ4n) is 4.83. The van der Waals surface area contributed by atoms with Crippen LogP contribution in [-0.4, -0.2) is 50.1 Å². The maximum absolute atomic E-state index is 12.5. The predicted octanol–water partition coefficient (Wildman–Crippen LogP) is 7.86. The lowest BCUT2D eigenvalue weighted by atomic mass is 10.0. The molecule has 1 saturated heterocycles. The van der Waals surface area contributed by atoms with E-state index in [1.165, 1.54) is 35.2 Å². The van der Waals surface area contributed by atoms with E-state index in [9.17, 15) is 4.79 Å². The minimum Gasteiger partial charge on any atom is -0.369 e. The number of hydrogen-bond acceptors (Lipinski definition) is 3. The van der Waals surface area contributed by atoms with Crippen molar-refractivity contribution in [2.45, 2.75) is 86.5 Å². The summed E-state index contributed by atoms with van der Waals surface area (Å²) >= 11 is 0. The number of carbonyl (C=O) groups excluding carboxylic acids is 1. The van der Waals surface area contributed by atoms with Gasteiger partial charge in [-0.3, -0.25) is 9.69 Å². The van der Waals surface area contributed by atoms with Gasteiger partial charge in [0.25, 0.3) is 0 Å². The Morgan fingerprint density at radius 1 is 0.919 bits per heavy atom. The van der Waals surface area contributed by atoms with Crippen LogP contribution >= 0.6 is 12.4 Å². The third-order valence-electron chi connectivity index (χ3n) is 7.07. The Balaban J connectivity index is 0.00000131. The summed E-state index contributed by atoms with van der Waals surface area (Å²) in [5.74, 6) is 0.825. The number of amides is 1. The Labute approximate surface area is 233 Å². The summed E-state index contributed by atoms with van der Waals surface area (Å²) in [5, 5.41) is 0. The van der Waals surface area contributed by atoms with E-state index in [1.54, 1.807) is 6.92 Å². The van der Waals surface area contributed by atoms with E-state index in [-0.39, 0.29) is 18.3 Å². The number of nitrogens with zero attached hydrogens (tertiary/aromatic N) is 3. The quantitative estimate of drug-likeness (QED) is 0.309. The first kappa shape index (κ1) is 33.0. The topological polar surface area (TPSA) is 26.8 Å². The molecule has 2 aromatic carbocycles. The molecule has 5 heteroatoms. The Morgan fingerprint density at radius 3 is 2.08 bits per heavy atom. The van der Waals surface area contributed by atoms with Crippen molar-refractivity contribution in [3.63, 3.8) is 0 Å². The number of rotatable bonds is 9. The smallest absolute Gasteiger partial charge is 0.223 e. The lowest BCUT2D eigenvalue weighted by molar-refractivity contribution is -0.116. The molecule has 2 aliphatic rings. The number of aryl methyl sites for hydroxylation is 2. The zero-order valence-corrected chi connectivity index (χ0v) is 25.4. The van der Waals surface area contributed by atoms with Gasteiger partial charge in [-0.25, -0.2) is 0 Å². The maximum atomic E-state index is 12.5. The van der Waals surface area contributed by atoms with Crippen molar-refractivity contribution >= 4 is 29.7 Å². The Kier molecular flexibility index (Phi) is 15.6. The summed E-state index contributed by atoms with van der Waals surface area (Å²) in [6.07, 6.45) is 5.77. The van der Waals surface area contributed by atoms with Crippen LogP contribution in [0.25, 0.3) is 0 Å². The van der Waals surface area contributed by atoms with Gasteiger partial charge < -0.3 is 9.80 Å². The van der Waals surface area contributed by atoms with Crippen LogP contribution in [0.3, 0.4) is 0 Å². The molecule has 0 spiro atoms.